The first-order valence-electron chi connectivity index (χ1n) is 7.41. The van der Waals surface area contributed by atoms with Crippen molar-refractivity contribution < 1.29 is 18.3 Å². The number of ketones is 1. The summed E-state index contributed by atoms with van der Waals surface area (Å²) in [7, 11) is 0. The molecule has 0 saturated heterocycles. The summed E-state index contributed by atoms with van der Waals surface area (Å²) in [4.78, 5) is 15.9. The van der Waals surface area contributed by atoms with Gasteiger partial charge in [0.2, 0.25) is 0 Å². The number of carbonyl (C=O) groups excluding carboxylic acids is 1. The van der Waals surface area contributed by atoms with Gasteiger partial charge in [0.05, 0.1) is 5.02 Å². The van der Waals surface area contributed by atoms with Crippen LogP contribution in [0.4, 0.5) is 4.39 Å². The standard InChI is InChI=1S/C19H13ClFNO3/c20-17-10-14(21)3-8-19(17)24-12-16-5-4-15(25-16)6-7-18(23)13-2-1-9-22-11-13/h1-11H,12H2/b7-6+. The van der Waals surface area contributed by atoms with Crippen molar-refractivity contribution in [2.75, 3.05) is 0 Å². The zero-order valence-electron chi connectivity index (χ0n) is 13.0. The van der Waals surface area contributed by atoms with Crippen molar-refractivity contribution in [3.05, 3.63) is 88.9 Å². The van der Waals surface area contributed by atoms with Crippen LogP contribution in [0.25, 0.3) is 6.08 Å². The maximum atomic E-state index is 13.0. The summed E-state index contributed by atoms with van der Waals surface area (Å²) < 4.78 is 24.0. The van der Waals surface area contributed by atoms with Crippen molar-refractivity contribution in [3.8, 4) is 5.75 Å². The topological polar surface area (TPSA) is 52.3 Å². The minimum atomic E-state index is -0.430. The Bertz CT molecular complexity index is 906. The first kappa shape index (κ1) is 16.9. The molecule has 0 unspecified atom stereocenters. The van der Waals surface area contributed by atoms with Crippen LogP contribution in [0.15, 0.2) is 65.4 Å². The van der Waals surface area contributed by atoms with E-state index < -0.39 is 5.82 Å². The fourth-order valence-corrected chi connectivity index (χ4v) is 2.29. The highest BCUT2D eigenvalue weighted by atomic mass is 35.5. The van der Waals surface area contributed by atoms with Crippen LogP contribution in [-0.4, -0.2) is 10.8 Å². The van der Waals surface area contributed by atoms with E-state index in [1.807, 2.05) is 0 Å². The van der Waals surface area contributed by atoms with Gasteiger partial charge >= 0.3 is 0 Å². The molecular formula is C19H13ClFNO3. The van der Waals surface area contributed by atoms with Gasteiger partial charge in [0.25, 0.3) is 0 Å². The van der Waals surface area contributed by atoms with Crippen LogP contribution in [0.1, 0.15) is 21.9 Å². The van der Waals surface area contributed by atoms with Gasteiger partial charge in [0.1, 0.15) is 29.7 Å². The molecule has 0 aliphatic carbocycles. The van der Waals surface area contributed by atoms with Crippen LogP contribution < -0.4 is 4.74 Å². The summed E-state index contributed by atoms with van der Waals surface area (Å²) >= 11 is 5.89. The Hall–Kier alpha value is -2.92. The third kappa shape index (κ3) is 4.55. The number of halogens is 2. The Kier molecular flexibility index (Phi) is 5.26. The highest BCUT2D eigenvalue weighted by Gasteiger charge is 2.06. The predicted molar refractivity (Wildman–Crippen MR) is 92.1 cm³/mol. The predicted octanol–water partition coefficient (Wildman–Crippen LogP) is 4.94. The van der Waals surface area contributed by atoms with E-state index in [9.17, 15) is 9.18 Å². The lowest BCUT2D eigenvalue weighted by molar-refractivity contribution is 0.104. The number of allylic oxidation sites excluding steroid dienone is 1. The van der Waals surface area contributed by atoms with Crippen LogP contribution in [0.2, 0.25) is 5.02 Å². The molecule has 126 valence electrons. The number of benzene rings is 1. The minimum Gasteiger partial charge on any atom is -0.484 e. The van der Waals surface area contributed by atoms with E-state index >= 15 is 0 Å². The number of nitrogens with zero attached hydrogens (tertiary/aromatic N) is 1. The average Bonchev–Trinajstić information content (AvgIpc) is 3.07. The Morgan fingerprint density at radius 3 is 2.92 bits per heavy atom. The molecule has 0 fully saturated rings. The van der Waals surface area contributed by atoms with Gasteiger partial charge in [-0.25, -0.2) is 4.39 Å². The highest BCUT2D eigenvalue weighted by molar-refractivity contribution is 6.32. The van der Waals surface area contributed by atoms with Gasteiger partial charge in [-0.15, -0.1) is 0 Å². The van der Waals surface area contributed by atoms with Gasteiger partial charge in [-0.05, 0) is 54.6 Å². The smallest absolute Gasteiger partial charge is 0.187 e. The molecule has 6 heteroatoms. The third-order valence-corrected chi connectivity index (χ3v) is 3.59. The van der Waals surface area contributed by atoms with Crippen molar-refractivity contribution >= 4 is 23.5 Å². The van der Waals surface area contributed by atoms with E-state index in [1.165, 1.54) is 30.5 Å². The van der Waals surface area contributed by atoms with Crippen molar-refractivity contribution in [1.82, 2.24) is 4.98 Å². The molecule has 0 N–H and O–H groups in total. The second-order valence-electron chi connectivity index (χ2n) is 5.11. The SMILES string of the molecule is O=C(/C=C/c1ccc(COc2ccc(F)cc2Cl)o1)c1cccnc1. The third-order valence-electron chi connectivity index (χ3n) is 3.29. The number of hydrogen-bond acceptors (Lipinski definition) is 4. The molecule has 2 aromatic heterocycles. The molecule has 4 nitrogen and oxygen atoms in total. The first-order chi connectivity index (χ1) is 12.1. The molecule has 3 rings (SSSR count). The molecule has 0 aliphatic rings. The zero-order valence-corrected chi connectivity index (χ0v) is 13.7. The molecule has 0 atom stereocenters. The highest BCUT2D eigenvalue weighted by Crippen LogP contribution is 2.26. The van der Waals surface area contributed by atoms with Crippen molar-refractivity contribution in [1.29, 1.82) is 0 Å². The number of rotatable bonds is 6. The van der Waals surface area contributed by atoms with Gasteiger partial charge in [0, 0.05) is 18.0 Å². The second-order valence-corrected chi connectivity index (χ2v) is 5.51. The van der Waals surface area contributed by atoms with E-state index in [1.54, 1.807) is 36.5 Å². The average molecular weight is 358 g/mol. The summed E-state index contributed by atoms with van der Waals surface area (Å²) in [5.41, 5.74) is 0.500. The van der Waals surface area contributed by atoms with Crippen molar-refractivity contribution in [3.63, 3.8) is 0 Å². The molecule has 0 saturated carbocycles. The van der Waals surface area contributed by atoms with Gasteiger partial charge in [-0.3, -0.25) is 9.78 Å². The lowest BCUT2D eigenvalue weighted by Gasteiger charge is -2.05. The quantitative estimate of drug-likeness (QED) is 0.463. The number of hydrogen-bond donors (Lipinski definition) is 0. The number of ether oxygens (including phenoxy) is 1. The molecule has 25 heavy (non-hydrogen) atoms. The number of pyridine rings is 1. The van der Waals surface area contributed by atoms with Crippen LogP contribution >= 0.6 is 11.6 Å². The molecule has 0 amide bonds. The number of aromatic nitrogens is 1. The van der Waals surface area contributed by atoms with Gasteiger partial charge in [-0.2, -0.15) is 0 Å². The fourth-order valence-electron chi connectivity index (χ4n) is 2.07. The largest absolute Gasteiger partial charge is 0.484 e. The number of furan rings is 1. The maximum absolute atomic E-state index is 13.0. The second kappa shape index (κ2) is 7.77. The molecule has 0 aliphatic heterocycles. The van der Waals surface area contributed by atoms with Gasteiger partial charge < -0.3 is 9.15 Å². The minimum absolute atomic E-state index is 0.135. The summed E-state index contributed by atoms with van der Waals surface area (Å²) in [6.07, 6.45) is 6.09. The maximum Gasteiger partial charge on any atom is 0.187 e. The van der Waals surface area contributed by atoms with Gasteiger partial charge in [-0.1, -0.05) is 11.6 Å². The molecule has 1 aromatic carbocycles. The van der Waals surface area contributed by atoms with Gasteiger partial charge in [0.15, 0.2) is 5.78 Å². The Morgan fingerprint density at radius 1 is 1.28 bits per heavy atom. The van der Waals surface area contributed by atoms with Crippen LogP contribution in [-0.2, 0) is 6.61 Å². The summed E-state index contributed by atoms with van der Waals surface area (Å²) in [5.74, 6) is 0.833. The van der Waals surface area contributed by atoms with Crippen LogP contribution in [0, 0.1) is 5.82 Å². The van der Waals surface area contributed by atoms with Crippen molar-refractivity contribution in [2.45, 2.75) is 6.61 Å². The van der Waals surface area contributed by atoms with Crippen LogP contribution in [0.5, 0.6) is 5.75 Å². The molecule has 3 aromatic rings. The summed E-state index contributed by atoms with van der Waals surface area (Å²) in [5, 5.41) is 0.189. The Balaban J connectivity index is 1.60. The normalized spacial score (nSPS) is 11.0. The molecule has 0 spiro atoms. The molecule has 0 radical (unpaired) electrons. The Morgan fingerprint density at radius 2 is 2.16 bits per heavy atom. The van der Waals surface area contributed by atoms with E-state index in [-0.39, 0.29) is 17.4 Å². The van der Waals surface area contributed by atoms with E-state index in [0.717, 1.165) is 0 Å². The van der Waals surface area contributed by atoms with E-state index in [0.29, 0.717) is 22.8 Å². The zero-order chi connectivity index (χ0) is 17.6. The summed E-state index contributed by atoms with van der Waals surface area (Å²) in [6, 6.07) is 10.7. The Labute approximate surface area is 148 Å². The van der Waals surface area contributed by atoms with Crippen molar-refractivity contribution in [2.24, 2.45) is 0 Å². The summed E-state index contributed by atoms with van der Waals surface area (Å²) in [6.45, 7) is 0.135. The van der Waals surface area contributed by atoms with E-state index in [2.05, 4.69) is 4.98 Å². The van der Waals surface area contributed by atoms with E-state index in [4.69, 9.17) is 20.8 Å². The fraction of sp³-hybridized carbons (Fsp3) is 0.0526. The monoisotopic (exact) mass is 357 g/mol. The molecule has 2 heterocycles. The molecular weight excluding hydrogens is 345 g/mol. The lowest BCUT2D eigenvalue weighted by atomic mass is 10.2. The molecule has 0 bridgehead atoms. The van der Waals surface area contributed by atoms with Crippen LogP contribution in [0.3, 0.4) is 0 Å². The first-order valence-corrected chi connectivity index (χ1v) is 7.78. The lowest BCUT2D eigenvalue weighted by Crippen LogP contribution is -1.94. The number of carbonyl (C=O) groups is 1.